The topological polar surface area (TPSA) is 30.5 Å². The zero-order valence-corrected chi connectivity index (χ0v) is 13.2. The Bertz CT molecular complexity index is 842. The molecule has 0 fully saturated rings. The van der Waals surface area contributed by atoms with Gasteiger partial charge < -0.3 is 9.47 Å². The number of hydrogen-bond donors (Lipinski definition) is 1. The Morgan fingerprint density at radius 1 is 0.957 bits per heavy atom. The van der Waals surface area contributed by atoms with E-state index in [9.17, 15) is 0 Å². The summed E-state index contributed by atoms with van der Waals surface area (Å²) >= 11 is 0. The first kappa shape index (κ1) is 14.1. The van der Waals surface area contributed by atoms with Crippen LogP contribution < -0.4 is 14.8 Å². The van der Waals surface area contributed by atoms with Crippen LogP contribution in [-0.4, -0.2) is 7.11 Å². The van der Waals surface area contributed by atoms with Crippen molar-refractivity contribution in [3.8, 4) is 11.5 Å². The van der Waals surface area contributed by atoms with Crippen molar-refractivity contribution in [1.82, 2.24) is 5.32 Å². The molecule has 116 valence electrons. The predicted octanol–water partition coefficient (Wildman–Crippen LogP) is 4.59. The molecule has 0 amide bonds. The van der Waals surface area contributed by atoms with Gasteiger partial charge in [-0.2, -0.15) is 0 Å². The lowest BCUT2D eigenvalue weighted by molar-refractivity contribution is 0.129. The molecule has 1 heterocycles. The van der Waals surface area contributed by atoms with Gasteiger partial charge in [0.1, 0.15) is 11.5 Å². The molecular formula is C20H19NO2. The van der Waals surface area contributed by atoms with Gasteiger partial charge in [-0.1, -0.05) is 42.5 Å². The van der Waals surface area contributed by atoms with E-state index in [1.807, 2.05) is 24.3 Å². The highest BCUT2D eigenvalue weighted by atomic mass is 16.5. The molecule has 0 radical (unpaired) electrons. The van der Waals surface area contributed by atoms with Gasteiger partial charge in [-0.05, 0) is 35.9 Å². The van der Waals surface area contributed by atoms with E-state index in [-0.39, 0.29) is 12.3 Å². The van der Waals surface area contributed by atoms with Crippen molar-refractivity contribution < 1.29 is 9.47 Å². The van der Waals surface area contributed by atoms with Gasteiger partial charge in [-0.25, -0.2) is 0 Å². The van der Waals surface area contributed by atoms with Gasteiger partial charge in [-0.3, -0.25) is 5.32 Å². The molecule has 3 aromatic carbocycles. The maximum atomic E-state index is 6.22. The molecule has 0 saturated heterocycles. The van der Waals surface area contributed by atoms with Crippen LogP contribution in [0.5, 0.6) is 11.5 Å². The van der Waals surface area contributed by atoms with Crippen molar-refractivity contribution >= 4 is 10.8 Å². The molecule has 1 aliphatic heterocycles. The minimum Gasteiger partial charge on any atom is -0.497 e. The smallest absolute Gasteiger partial charge is 0.176 e. The summed E-state index contributed by atoms with van der Waals surface area (Å²) in [5, 5.41) is 6.05. The lowest BCUT2D eigenvalue weighted by Gasteiger charge is -2.33. The van der Waals surface area contributed by atoms with Crippen LogP contribution in [0.4, 0.5) is 0 Å². The first-order valence-electron chi connectivity index (χ1n) is 7.84. The molecule has 2 atom stereocenters. The molecule has 0 aromatic heterocycles. The Kier molecular flexibility index (Phi) is 3.43. The fourth-order valence-corrected chi connectivity index (χ4v) is 3.24. The molecule has 3 aromatic rings. The standard InChI is InChI=1S/C20H19NO2/c1-13-19-17-6-4-3-5-14(17)9-12-18(19)23-20(21-13)15-7-10-16(22-2)11-8-15/h3-13,20-21H,1-2H3. The van der Waals surface area contributed by atoms with Gasteiger partial charge >= 0.3 is 0 Å². The molecule has 0 spiro atoms. The molecule has 3 nitrogen and oxygen atoms in total. The molecule has 23 heavy (non-hydrogen) atoms. The summed E-state index contributed by atoms with van der Waals surface area (Å²) in [5.41, 5.74) is 2.32. The van der Waals surface area contributed by atoms with Crippen LogP contribution in [0.25, 0.3) is 10.8 Å². The van der Waals surface area contributed by atoms with E-state index in [1.165, 1.54) is 16.3 Å². The van der Waals surface area contributed by atoms with Crippen LogP contribution in [0.1, 0.15) is 30.3 Å². The van der Waals surface area contributed by atoms with Crippen LogP contribution in [-0.2, 0) is 0 Å². The van der Waals surface area contributed by atoms with Gasteiger partial charge in [0.15, 0.2) is 6.23 Å². The third-order valence-electron chi connectivity index (χ3n) is 4.43. The number of rotatable bonds is 2. The normalized spacial score (nSPS) is 19.9. The third kappa shape index (κ3) is 2.43. The maximum absolute atomic E-state index is 6.22. The van der Waals surface area contributed by atoms with Gasteiger partial charge in [0.05, 0.1) is 7.11 Å². The zero-order valence-electron chi connectivity index (χ0n) is 13.2. The molecule has 2 unspecified atom stereocenters. The molecule has 1 aliphatic rings. The third-order valence-corrected chi connectivity index (χ3v) is 4.43. The summed E-state index contributed by atoms with van der Waals surface area (Å²) in [7, 11) is 1.67. The maximum Gasteiger partial charge on any atom is 0.176 e. The fraction of sp³-hybridized carbons (Fsp3) is 0.200. The van der Waals surface area contributed by atoms with Crippen LogP contribution in [0.2, 0.25) is 0 Å². The number of methoxy groups -OCH3 is 1. The summed E-state index contributed by atoms with van der Waals surface area (Å²) in [6.45, 7) is 2.18. The van der Waals surface area contributed by atoms with E-state index in [2.05, 4.69) is 48.6 Å². The Morgan fingerprint density at radius 2 is 1.74 bits per heavy atom. The predicted molar refractivity (Wildman–Crippen MR) is 91.9 cm³/mol. The first-order chi connectivity index (χ1) is 11.3. The lowest BCUT2D eigenvalue weighted by Crippen LogP contribution is -2.33. The Hall–Kier alpha value is -2.52. The Morgan fingerprint density at radius 3 is 2.52 bits per heavy atom. The molecular weight excluding hydrogens is 286 g/mol. The summed E-state index contributed by atoms with van der Waals surface area (Å²) in [6.07, 6.45) is -0.149. The quantitative estimate of drug-likeness (QED) is 0.751. The van der Waals surface area contributed by atoms with E-state index in [0.29, 0.717) is 0 Å². The molecule has 0 aliphatic carbocycles. The van der Waals surface area contributed by atoms with E-state index >= 15 is 0 Å². The monoisotopic (exact) mass is 305 g/mol. The summed E-state index contributed by atoms with van der Waals surface area (Å²) in [6, 6.07) is 20.8. The number of benzene rings is 3. The van der Waals surface area contributed by atoms with Crippen molar-refractivity contribution in [1.29, 1.82) is 0 Å². The summed E-state index contributed by atoms with van der Waals surface area (Å²) in [4.78, 5) is 0. The van der Waals surface area contributed by atoms with Gasteiger partial charge in [0.25, 0.3) is 0 Å². The Balaban J connectivity index is 1.73. The van der Waals surface area contributed by atoms with Gasteiger partial charge in [0, 0.05) is 17.2 Å². The summed E-state index contributed by atoms with van der Waals surface area (Å²) < 4.78 is 11.4. The van der Waals surface area contributed by atoms with Crippen molar-refractivity contribution in [3.05, 3.63) is 71.8 Å². The number of hydrogen-bond acceptors (Lipinski definition) is 3. The van der Waals surface area contributed by atoms with Crippen molar-refractivity contribution in [2.75, 3.05) is 7.11 Å². The minimum atomic E-state index is -0.149. The van der Waals surface area contributed by atoms with Crippen LogP contribution >= 0.6 is 0 Å². The second kappa shape index (κ2) is 5.60. The minimum absolute atomic E-state index is 0.149. The van der Waals surface area contributed by atoms with Crippen LogP contribution in [0, 0.1) is 0 Å². The second-order valence-corrected chi connectivity index (χ2v) is 5.86. The zero-order chi connectivity index (χ0) is 15.8. The molecule has 1 N–H and O–H groups in total. The number of ether oxygens (including phenoxy) is 2. The van der Waals surface area contributed by atoms with Crippen LogP contribution in [0.15, 0.2) is 60.7 Å². The van der Waals surface area contributed by atoms with E-state index in [0.717, 1.165) is 17.1 Å². The first-order valence-corrected chi connectivity index (χ1v) is 7.84. The highest BCUT2D eigenvalue weighted by Gasteiger charge is 2.27. The highest BCUT2D eigenvalue weighted by Crippen LogP contribution is 2.39. The van der Waals surface area contributed by atoms with E-state index < -0.39 is 0 Å². The molecule has 3 heteroatoms. The highest BCUT2D eigenvalue weighted by molar-refractivity contribution is 5.88. The van der Waals surface area contributed by atoms with Crippen molar-refractivity contribution in [3.63, 3.8) is 0 Å². The van der Waals surface area contributed by atoms with Crippen LogP contribution in [0.3, 0.4) is 0 Å². The number of fused-ring (bicyclic) bond motifs is 3. The average Bonchev–Trinajstić information content (AvgIpc) is 2.61. The average molecular weight is 305 g/mol. The lowest BCUT2D eigenvalue weighted by atomic mass is 9.96. The molecule has 0 saturated carbocycles. The van der Waals surface area contributed by atoms with Crippen molar-refractivity contribution in [2.45, 2.75) is 19.2 Å². The van der Waals surface area contributed by atoms with E-state index in [4.69, 9.17) is 9.47 Å². The van der Waals surface area contributed by atoms with Gasteiger partial charge in [-0.15, -0.1) is 0 Å². The number of nitrogens with one attached hydrogen (secondary N) is 1. The second-order valence-electron chi connectivity index (χ2n) is 5.86. The molecule has 4 rings (SSSR count). The molecule has 0 bridgehead atoms. The summed E-state index contributed by atoms with van der Waals surface area (Å²) in [5.74, 6) is 1.81. The SMILES string of the molecule is COc1ccc(C2NC(C)c3c(ccc4ccccc34)O2)cc1. The largest absolute Gasteiger partial charge is 0.497 e. The Labute approximate surface area is 135 Å². The van der Waals surface area contributed by atoms with Gasteiger partial charge in [0.2, 0.25) is 0 Å². The van der Waals surface area contributed by atoms with E-state index in [1.54, 1.807) is 7.11 Å². The fourth-order valence-electron chi connectivity index (χ4n) is 3.24. The van der Waals surface area contributed by atoms with Crippen molar-refractivity contribution in [2.24, 2.45) is 0 Å².